The van der Waals surface area contributed by atoms with E-state index in [0.717, 1.165) is 17.9 Å². The molecule has 3 rings (SSSR count). The number of nitrogens with zero attached hydrogens (tertiary/aromatic N) is 4. The Labute approximate surface area is 181 Å². The minimum absolute atomic E-state index is 0. The summed E-state index contributed by atoms with van der Waals surface area (Å²) < 4.78 is 15.5. The van der Waals surface area contributed by atoms with E-state index in [4.69, 9.17) is 0 Å². The SMILES string of the molecule is CCNC(=NCc1ccc(-n2ccnc2)nc1)NCCc1ccccc1F.I. The van der Waals surface area contributed by atoms with Gasteiger partial charge in [0, 0.05) is 31.7 Å². The van der Waals surface area contributed by atoms with Crippen molar-refractivity contribution in [2.45, 2.75) is 19.9 Å². The molecule has 0 aliphatic heterocycles. The fourth-order valence-corrected chi connectivity index (χ4v) is 2.59. The highest BCUT2D eigenvalue weighted by molar-refractivity contribution is 14.0. The molecule has 6 nitrogen and oxygen atoms in total. The number of aromatic nitrogens is 3. The smallest absolute Gasteiger partial charge is 0.191 e. The molecule has 0 fully saturated rings. The summed E-state index contributed by atoms with van der Waals surface area (Å²) in [6.45, 7) is 3.87. The molecule has 28 heavy (non-hydrogen) atoms. The molecule has 8 heteroatoms. The summed E-state index contributed by atoms with van der Waals surface area (Å²) in [4.78, 5) is 13.0. The zero-order valence-electron chi connectivity index (χ0n) is 15.7. The Kier molecular flexibility index (Phi) is 8.86. The zero-order valence-corrected chi connectivity index (χ0v) is 18.0. The maximum atomic E-state index is 13.7. The van der Waals surface area contributed by atoms with Crippen LogP contribution in [0, 0.1) is 5.82 Å². The molecule has 2 N–H and O–H groups in total. The van der Waals surface area contributed by atoms with Crippen LogP contribution in [0.15, 0.2) is 66.3 Å². The van der Waals surface area contributed by atoms with E-state index in [-0.39, 0.29) is 29.8 Å². The topological polar surface area (TPSA) is 67.1 Å². The van der Waals surface area contributed by atoms with Gasteiger partial charge < -0.3 is 10.6 Å². The van der Waals surface area contributed by atoms with Gasteiger partial charge in [-0.3, -0.25) is 4.57 Å². The number of aliphatic imine (C=N–C) groups is 1. The summed E-state index contributed by atoms with van der Waals surface area (Å²) in [7, 11) is 0. The Morgan fingerprint density at radius 3 is 2.71 bits per heavy atom. The first-order chi connectivity index (χ1) is 13.3. The van der Waals surface area contributed by atoms with Gasteiger partial charge in [0.1, 0.15) is 18.0 Å². The average Bonchev–Trinajstić information content (AvgIpc) is 3.23. The van der Waals surface area contributed by atoms with Crippen LogP contribution in [0.2, 0.25) is 0 Å². The molecule has 0 saturated heterocycles. The molecular weight excluding hydrogens is 470 g/mol. The number of hydrogen-bond acceptors (Lipinski definition) is 3. The van der Waals surface area contributed by atoms with E-state index in [1.165, 1.54) is 6.07 Å². The van der Waals surface area contributed by atoms with Gasteiger partial charge in [-0.2, -0.15) is 0 Å². The van der Waals surface area contributed by atoms with Gasteiger partial charge in [0.2, 0.25) is 0 Å². The number of imidazole rings is 1. The number of pyridine rings is 1. The van der Waals surface area contributed by atoms with Crippen LogP contribution < -0.4 is 10.6 Å². The van der Waals surface area contributed by atoms with Crippen molar-refractivity contribution in [2.24, 2.45) is 4.99 Å². The Morgan fingerprint density at radius 2 is 2.04 bits per heavy atom. The first-order valence-corrected chi connectivity index (χ1v) is 8.95. The van der Waals surface area contributed by atoms with E-state index in [9.17, 15) is 4.39 Å². The van der Waals surface area contributed by atoms with Gasteiger partial charge in [-0.05, 0) is 36.6 Å². The van der Waals surface area contributed by atoms with Crippen molar-refractivity contribution < 1.29 is 4.39 Å². The predicted octanol–water partition coefficient (Wildman–Crippen LogP) is 3.32. The summed E-state index contributed by atoms with van der Waals surface area (Å²) in [6.07, 6.45) is 7.68. The normalized spacial score (nSPS) is 11.0. The summed E-state index contributed by atoms with van der Waals surface area (Å²) in [6, 6.07) is 10.8. The van der Waals surface area contributed by atoms with Crippen molar-refractivity contribution in [3.05, 3.63) is 78.3 Å². The highest BCUT2D eigenvalue weighted by Gasteiger charge is 2.03. The third kappa shape index (κ3) is 6.29. The van der Waals surface area contributed by atoms with Gasteiger partial charge in [-0.15, -0.1) is 24.0 Å². The van der Waals surface area contributed by atoms with Gasteiger partial charge >= 0.3 is 0 Å². The van der Waals surface area contributed by atoms with Crippen LogP contribution in [0.4, 0.5) is 4.39 Å². The van der Waals surface area contributed by atoms with Crippen LogP contribution in [-0.4, -0.2) is 33.6 Å². The molecule has 0 radical (unpaired) electrons. The lowest BCUT2D eigenvalue weighted by molar-refractivity contribution is 0.606. The molecule has 2 aromatic heterocycles. The van der Waals surface area contributed by atoms with Crippen LogP contribution in [0.25, 0.3) is 5.82 Å². The van der Waals surface area contributed by atoms with E-state index < -0.39 is 0 Å². The quantitative estimate of drug-likeness (QED) is 0.301. The van der Waals surface area contributed by atoms with Crippen molar-refractivity contribution in [3.63, 3.8) is 0 Å². The molecule has 0 atom stereocenters. The fraction of sp³-hybridized carbons (Fsp3) is 0.250. The van der Waals surface area contributed by atoms with Crippen molar-refractivity contribution >= 4 is 29.9 Å². The highest BCUT2D eigenvalue weighted by atomic mass is 127. The average molecular weight is 494 g/mol. The summed E-state index contributed by atoms with van der Waals surface area (Å²) >= 11 is 0. The number of benzene rings is 1. The second-order valence-corrected chi connectivity index (χ2v) is 5.96. The van der Waals surface area contributed by atoms with Crippen LogP contribution in [0.3, 0.4) is 0 Å². The number of halogens is 2. The molecule has 3 aromatic rings. The molecule has 1 aromatic carbocycles. The summed E-state index contributed by atoms with van der Waals surface area (Å²) in [5, 5.41) is 6.44. The molecule has 0 saturated carbocycles. The highest BCUT2D eigenvalue weighted by Crippen LogP contribution is 2.07. The molecule has 148 valence electrons. The van der Waals surface area contributed by atoms with E-state index >= 15 is 0 Å². The van der Waals surface area contributed by atoms with Gasteiger partial charge in [0.15, 0.2) is 5.96 Å². The maximum absolute atomic E-state index is 13.7. The number of guanidine groups is 1. The van der Waals surface area contributed by atoms with Crippen molar-refractivity contribution in [1.82, 2.24) is 25.2 Å². The van der Waals surface area contributed by atoms with Crippen molar-refractivity contribution in [2.75, 3.05) is 13.1 Å². The molecule has 0 unspecified atom stereocenters. The van der Waals surface area contributed by atoms with Crippen LogP contribution >= 0.6 is 24.0 Å². The lowest BCUT2D eigenvalue weighted by Gasteiger charge is -2.11. The number of rotatable bonds is 7. The zero-order chi connectivity index (χ0) is 18.9. The predicted molar refractivity (Wildman–Crippen MR) is 120 cm³/mol. The Morgan fingerprint density at radius 1 is 1.18 bits per heavy atom. The molecule has 0 spiro atoms. The largest absolute Gasteiger partial charge is 0.357 e. The minimum atomic E-state index is -0.176. The van der Waals surface area contributed by atoms with E-state index in [1.807, 2.05) is 42.1 Å². The van der Waals surface area contributed by atoms with Crippen LogP contribution in [0.5, 0.6) is 0 Å². The Hall–Kier alpha value is -2.49. The van der Waals surface area contributed by atoms with Gasteiger partial charge in [-0.25, -0.2) is 19.4 Å². The first-order valence-electron chi connectivity index (χ1n) is 8.95. The third-order valence-corrected chi connectivity index (χ3v) is 3.99. The fourth-order valence-electron chi connectivity index (χ4n) is 2.59. The van der Waals surface area contributed by atoms with Gasteiger partial charge in [0.25, 0.3) is 0 Å². The molecular formula is C20H24FIN6. The number of nitrogens with one attached hydrogen (secondary N) is 2. The van der Waals surface area contributed by atoms with Gasteiger partial charge in [-0.1, -0.05) is 24.3 Å². The maximum Gasteiger partial charge on any atom is 0.191 e. The second kappa shape index (κ2) is 11.4. The van der Waals surface area contributed by atoms with E-state index in [1.54, 1.807) is 24.7 Å². The van der Waals surface area contributed by atoms with E-state index in [2.05, 4.69) is 25.6 Å². The number of hydrogen-bond donors (Lipinski definition) is 2. The Balaban J connectivity index is 0.00000280. The molecule has 0 aliphatic carbocycles. The van der Waals surface area contributed by atoms with Crippen molar-refractivity contribution in [1.29, 1.82) is 0 Å². The van der Waals surface area contributed by atoms with Crippen LogP contribution in [0.1, 0.15) is 18.1 Å². The lowest BCUT2D eigenvalue weighted by Crippen LogP contribution is -2.38. The second-order valence-electron chi connectivity index (χ2n) is 5.96. The Bertz CT molecular complexity index is 865. The molecule has 2 heterocycles. The third-order valence-electron chi connectivity index (χ3n) is 3.99. The summed E-state index contributed by atoms with van der Waals surface area (Å²) in [5.41, 5.74) is 1.70. The lowest BCUT2D eigenvalue weighted by atomic mass is 10.1. The standard InChI is InChI=1S/C20H23FN6.HI/c1-2-23-20(24-10-9-17-5-3-4-6-18(17)21)26-14-16-7-8-19(25-13-16)27-12-11-22-15-27;/h3-8,11-13,15H,2,9-10,14H2,1H3,(H2,23,24,26);1H. The van der Waals surface area contributed by atoms with Crippen LogP contribution in [-0.2, 0) is 13.0 Å². The van der Waals surface area contributed by atoms with E-state index in [0.29, 0.717) is 31.0 Å². The molecule has 0 bridgehead atoms. The molecule has 0 aliphatic rings. The summed E-state index contributed by atoms with van der Waals surface area (Å²) in [5.74, 6) is 1.34. The minimum Gasteiger partial charge on any atom is -0.357 e. The molecule has 0 amide bonds. The first kappa shape index (κ1) is 21.8. The van der Waals surface area contributed by atoms with Crippen molar-refractivity contribution in [3.8, 4) is 5.82 Å². The van der Waals surface area contributed by atoms with Gasteiger partial charge in [0.05, 0.1) is 6.54 Å². The monoisotopic (exact) mass is 494 g/mol.